The number of aliphatic hydroxyl groups is 1. The van der Waals surface area contributed by atoms with Crippen LogP contribution in [0.3, 0.4) is 0 Å². The van der Waals surface area contributed by atoms with Crippen LogP contribution in [-0.4, -0.2) is 35.0 Å². The maximum atomic E-state index is 11.5. The third kappa shape index (κ3) is 2.83. The summed E-state index contributed by atoms with van der Waals surface area (Å²) in [7, 11) is 0. The molecule has 116 valence electrons. The summed E-state index contributed by atoms with van der Waals surface area (Å²) in [6, 6.07) is 5.32. The summed E-state index contributed by atoms with van der Waals surface area (Å²) in [6.07, 6.45) is 0.810. The van der Waals surface area contributed by atoms with Crippen LogP contribution in [-0.2, 0) is 4.79 Å². The van der Waals surface area contributed by atoms with Crippen molar-refractivity contribution in [3.05, 3.63) is 23.8 Å². The Morgan fingerprint density at radius 2 is 1.81 bits per heavy atom. The zero-order valence-corrected chi connectivity index (χ0v) is 12.6. The van der Waals surface area contributed by atoms with E-state index in [-0.39, 0.29) is 0 Å². The van der Waals surface area contributed by atoms with Gasteiger partial charge in [-0.2, -0.15) is 0 Å². The van der Waals surface area contributed by atoms with Gasteiger partial charge in [-0.1, -0.05) is 26.8 Å². The fourth-order valence-electron chi connectivity index (χ4n) is 2.64. The van der Waals surface area contributed by atoms with Crippen molar-refractivity contribution in [2.45, 2.75) is 38.7 Å². The largest absolute Gasteiger partial charge is 0.490 e. The number of rotatable bonds is 4. The predicted octanol–water partition coefficient (Wildman–Crippen LogP) is 2.42. The van der Waals surface area contributed by atoms with Crippen LogP contribution in [0.4, 0.5) is 0 Å². The lowest BCUT2D eigenvalue weighted by molar-refractivity contribution is -0.166. The molecular formula is C16H22O5. The molecule has 2 atom stereocenters. The fourth-order valence-corrected chi connectivity index (χ4v) is 2.64. The van der Waals surface area contributed by atoms with Crippen LogP contribution in [0.1, 0.15) is 38.7 Å². The lowest BCUT2D eigenvalue weighted by Gasteiger charge is -2.34. The minimum absolute atomic E-state index is 0.416. The van der Waals surface area contributed by atoms with Crippen LogP contribution in [0.5, 0.6) is 11.5 Å². The van der Waals surface area contributed by atoms with Gasteiger partial charge >= 0.3 is 5.97 Å². The number of hydrogen-bond acceptors (Lipinski definition) is 4. The molecular weight excluding hydrogens is 272 g/mol. The Bertz CT molecular complexity index is 525. The van der Waals surface area contributed by atoms with E-state index < -0.39 is 23.4 Å². The van der Waals surface area contributed by atoms with Crippen molar-refractivity contribution < 1.29 is 24.5 Å². The molecule has 0 bridgehead atoms. The Labute approximate surface area is 124 Å². The van der Waals surface area contributed by atoms with E-state index in [1.807, 2.05) is 0 Å². The molecule has 0 spiro atoms. The summed E-state index contributed by atoms with van der Waals surface area (Å²) < 4.78 is 11.2. The Kier molecular flexibility index (Phi) is 4.42. The van der Waals surface area contributed by atoms with E-state index in [2.05, 4.69) is 0 Å². The van der Waals surface area contributed by atoms with E-state index in [1.165, 1.54) is 0 Å². The van der Waals surface area contributed by atoms with Crippen LogP contribution < -0.4 is 9.47 Å². The van der Waals surface area contributed by atoms with E-state index in [1.54, 1.807) is 39.0 Å². The van der Waals surface area contributed by atoms with E-state index in [0.717, 1.165) is 12.0 Å². The standard InChI is InChI=1S/C16H22O5/c1-10(2)16(19,15(17)18)11(3)12-5-6-13-14(9-12)21-8-4-7-20-13/h5-6,9-11,19H,4,7-8H2,1-3H3,(H,17,18). The number of fused-ring (bicyclic) bond motifs is 1. The van der Waals surface area contributed by atoms with E-state index >= 15 is 0 Å². The van der Waals surface area contributed by atoms with Crippen molar-refractivity contribution in [1.29, 1.82) is 0 Å². The summed E-state index contributed by atoms with van der Waals surface area (Å²) >= 11 is 0. The first-order valence-electron chi connectivity index (χ1n) is 7.22. The first-order chi connectivity index (χ1) is 9.87. The van der Waals surface area contributed by atoms with E-state index in [4.69, 9.17) is 9.47 Å². The number of carboxylic acid groups (broad SMARTS) is 1. The molecule has 1 aliphatic heterocycles. The summed E-state index contributed by atoms with van der Waals surface area (Å²) in [4.78, 5) is 11.5. The van der Waals surface area contributed by atoms with Gasteiger partial charge in [-0.05, 0) is 23.6 Å². The molecule has 1 aromatic rings. The minimum Gasteiger partial charge on any atom is -0.490 e. The van der Waals surface area contributed by atoms with Gasteiger partial charge in [0.25, 0.3) is 0 Å². The van der Waals surface area contributed by atoms with Gasteiger partial charge in [-0.25, -0.2) is 4.79 Å². The lowest BCUT2D eigenvalue weighted by Crippen LogP contribution is -2.48. The highest BCUT2D eigenvalue weighted by molar-refractivity contribution is 5.79. The number of aliphatic carboxylic acids is 1. The molecule has 2 N–H and O–H groups in total. The van der Waals surface area contributed by atoms with Crippen LogP contribution in [0.15, 0.2) is 18.2 Å². The molecule has 0 fully saturated rings. The zero-order valence-electron chi connectivity index (χ0n) is 12.6. The topological polar surface area (TPSA) is 76.0 Å². The predicted molar refractivity (Wildman–Crippen MR) is 77.9 cm³/mol. The summed E-state index contributed by atoms with van der Waals surface area (Å²) in [5, 5.41) is 20.0. The van der Waals surface area contributed by atoms with Crippen molar-refractivity contribution in [2.75, 3.05) is 13.2 Å². The molecule has 0 aromatic heterocycles. The summed E-state index contributed by atoms with van der Waals surface area (Å²) in [5.74, 6) is -0.926. The third-order valence-corrected chi connectivity index (χ3v) is 4.15. The molecule has 21 heavy (non-hydrogen) atoms. The van der Waals surface area contributed by atoms with Gasteiger partial charge in [0.05, 0.1) is 13.2 Å². The number of ether oxygens (including phenoxy) is 2. The monoisotopic (exact) mass is 294 g/mol. The van der Waals surface area contributed by atoms with Gasteiger partial charge in [0, 0.05) is 12.3 Å². The maximum absolute atomic E-state index is 11.5. The van der Waals surface area contributed by atoms with Crippen molar-refractivity contribution in [2.24, 2.45) is 5.92 Å². The molecule has 2 unspecified atom stereocenters. The van der Waals surface area contributed by atoms with Crippen molar-refractivity contribution >= 4 is 5.97 Å². The second-order valence-electron chi connectivity index (χ2n) is 5.76. The Hall–Kier alpha value is -1.75. The number of carbonyl (C=O) groups is 1. The van der Waals surface area contributed by atoms with Crippen LogP contribution in [0.2, 0.25) is 0 Å². The fraction of sp³-hybridized carbons (Fsp3) is 0.562. The molecule has 0 aliphatic carbocycles. The summed E-state index contributed by atoms with van der Waals surface area (Å²) in [6.45, 7) is 6.29. The highest BCUT2D eigenvalue weighted by Crippen LogP contribution is 2.39. The smallest absolute Gasteiger partial charge is 0.336 e. The van der Waals surface area contributed by atoms with Gasteiger partial charge in [-0.15, -0.1) is 0 Å². The highest BCUT2D eigenvalue weighted by atomic mass is 16.5. The van der Waals surface area contributed by atoms with Crippen molar-refractivity contribution in [1.82, 2.24) is 0 Å². The Morgan fingerprint density at radius 1 is 1.19 bits per heavy atom. The van der Waals surface area contributed by atoms with Crippen LogP contribution in [0.25, 0.3) is 0 Å². The highest BCUT2D eigenvalue weighted by Gasteiger charge is 2.45. The molecule has 0 amide bonds. The third-order valence-electron chi connectivity index (χ3n) is 4.15. The van der Waals surface area contributed by atoms with Crippen LogP contribution >= 0.6 is 0 Å². The molecule has 2 rings (SSSR count). The number of benzene rings is 1. The van der Waals surface area contributed by atoms with E-state index in [0.29, 0.717) is 24.7 Å². The normalized spacial score (nSPS) is 18.7. The Morgan fingerprint density at radius 3 is 2.38 bits per heavy atom. The number of carboxylic acids is 1. The maximum Gasteiger partial charge on any atom is 0.336 e. The quantitative estimate of drug-likeness (QED) is 0.892. The second kappa shape index (κ2) is 5.93. The second-order valence-corrected chi connectivity index (χ2v) is 5.76. The molecule has 0 saturated carbocycles. The molecule has 1 aromatic carbocycles. The Balaban J connectivity index is 2.37. The van der Waals surface area contributed by atoms with Gasteiger partial charge in [0.15, 0.2) is 17.1 Å². The lowest BCUT2D eigenvalue weighted by atomic mass is 9.76. The summed E-state index contributed by atoms with van der Waals surface area (Å²) in [5.41, 5.74) is -1.10. The van der Waals surface area contributed by atoms with Gasteiger partial charge in [-0.3, -0.25) is 0 Å². The van der Waals surface area contributed by atoms with Crippen molar-refractivity contribution in [3.63, 3.8) is 0 Å². The molecule has 0 saturated heterocycles. The molecule has 1 aliphatic rings. The average Bonchev–Trinajstić information content (AvgIpc) is 2.69. The van der Waals surface area contributed by atoms with Gasteiger partial charge in [0.1, 0.15) is 0 Å². The molecule has 5 nitrogen and oxygen atoms in total. The molecule has 5 heteroatoms. The molecule has 0 radical (unpaired) electrons. The zero-order chi connectivity index (χ0) is 15.6. The van der Waals surface area contributed by atoms with Gasteiger partial charge in [0.2, 0.25) is 0 Å². The first kappa shape index (κ1) is 15.6. The minimum atomic E-state index is -1.82. The van der Waals surface area contributed by atoms with Crippen LogP contribution in [0, 0.1) is 5.92 Å². The average molecular weight is 294 g/mol. The van der Waals surface area contributed by atoms with Gasteiger partial charge < -0.3 is 19.7 Å². The molecule has 1 heterocycles. The van der Waals surface area contributed by atoms with E-state index in [9.17, 15) is 15.0 Å². The van der Waals surface area contributed by atoms with Crippen molar-refractivity contribution in [3.8, 4) is 11.5 Å². The number of hydrogen-bond donors (Lipinski definition) is 2. The first-order valence-corrected chi connectivity index (χ1v) is 7.22. The SMILES string of the molecule is CC(C)C(O)(C(=O)O)C(C)c1ccc2c(c1)OCCCO2.